The van der Waals surface area contributed by atoms with Crippen LogP contribution >= 0.6 is 0 Å². The molecule has 0 heterocycles. The van der Waals surface area contributed by atoms with Gasteiger partial charge in [-0.15, -0.1) is 0 Å². The van der Waals surface area contributed by atoms with E-state index < -0.39 is 0 Å². The van der Waals surface area contributed by atoms with Crippen molar-refractivity contribution >= 4 is 17.8 Å². The first-order chi connectivity index (χ1) is 8.56. The Morgan fingerprint density at radius 1 is 1.06 bits per heavy atom. The first kappa shape index (κ1) is 16.4. The Morgan fingerprint density at radius 2 is 1.72 bits per heavy atom. The molecular formula is C11H21N3O4. The van der Waals surface area contributed by atoms with E-state index in [-0.39, 0.29) is 30.7 Å². The SMILES string of the molecule is CCOC(=O)CCNCC(=O)NCCNC(C)=O. The zero-order valence-corrected chi connectivity index (χ0v) is 10.9. The number of carbonyl (C=O) groups is 3. The molecule has 0 aromatic rings. The second-order valence-electron chi connectivity index (χ2n) is 3.56. The molecule has 7 heteroatoms. The lowest BCUT2D eigenvalue weighted by Gasteiger charge is -2.07. The van der Waals surface area contributed by atoms with Crippen molar-refractivity contribution in [2.75, 3.05) is 32.8 Å². The zero-order chi connectivity index (χ0) is 13.8. The molecule has 0 unspecified atom stereocenters. The maximum Gasteiger partial charge on any atom is 0.307 e. The van der Waals surface area contributed by atoms with Crippen LogP contribution in [0.25, 0.3) is 0 Å². The van der Waals surface area contributed by atoms with Gasteiger partial charge in [-0.1, -0.05) is 0 Å². The fourth-order valence-electron chi connectivity index (χ4n) is 1.13. The molecule has 0 spiro atoms. The van der Waals surface area contributed by atoms with Crippen LogP contribution in [0.4, 0.5) is 0 Å². The summed E-state index contributed by atoms with van der Waals surface area (Å²) >= 11 is 0. The molecule has 3 N–H and O–H groups in total. The van der Waals surface area contributed by atoms with Gasteiger partial charge in [0.15, 0.2) is 0 Å². The highest BCUT2D eigenvalue weighted by Crippen LogP contribution is 1.83. The van der Waals surface area contributed by atoms with Gasteiger partial charge in [0.2, 0.25) is 11.8 Å². The quantitative estimate of drug-likeness (QED) is 0.356. The lowest BCUT2D eigenvalue weighted by molar-refractivity contribution is -0.143. The Hall–Kier alpha value is -1.63. The Bertz CT molecular complexity index is 281. The summed E-state index contributed by atoms with van der Waals surface area (Å²) in [6, 6.07) is 0. The van der Waals surface area contributed by atoms with Crippen LogP contribution in [0.1, 0.15) is 20.3 Å². The van der Waals surface area contributed by atoms with E-state index in [1.165, 1.54) is 6.92 Å². The highest BCUT2D eigenvalue weighted by Gasteiger charge is 2.03. The van der Waals surface area contributed by atoms with E-state index >= 15 is 0 Å². The molecule has 0 aromatic heterocycles. The summed E-state index contributed by atoms with van der Waals surface area (Å²) in [5.41, 5.74) is 0. The predicted molar refractivity (Wildman–Crippen MR) is 65.8 cm³/mol. The van der Waals surface area contributed by atoms with Gasteiger partial charge in [0, 0.05) is 26.6 Å². The first-order valence-corrected chi connectivity index (χ1v) is 5.93. The lowest BCUT2D eigenvalue weighted by atomic mass is 10.4. The number of hydrogen-bond donors (Lipinski definition) is 3. The van der Waals surface area contributed by atoms with Crippen LogP contribution < -0.4 is 16.0 Å². The second kappa shape index (κ2) is 10.5. The van der Waals surface area contributed by atoms with Crippen molar-refractivity contribution in [1.29, 1.82) is 0 Å². The minimum Gasteiger partial charge on any atom is -0.466 e. The Labute approximate surface area is 107 Å². The van der Waals surface area contributed by atoms with E-state index in [1.807, 2.05) is 0 Å². The van der Waals surface area contributed by atoms with Crippen LogP contribution in [0.15, 0.2) is 0 Å². The van der Waals surface area contributed by atoms with Crippen LogP contribution in [-0.2, 0) is 19.1 Å². The highest BCUT2D eigenvalue weighted by molar-refractivity contribution is 5.78. The summed E-state index contributed by atoms with van der Waals surface area (Å²) in [7, 11) is 0. The van der Waals surface area contributed by atoms with Crippen molar-refractivity contribution in [2.24, 2.45) is 0 Å². The van der Waals surface area contributed by atoms with E-state index in [4.69, 9.17) is 4.74 Å². The van der Waals surface area contributed by atoms with Crippen molar-refractivity contribution < 1.29 is 19.1 Å². The summed E-state index contributed by atoms with van der Waals surface area (Å²) < 4.78 is 4.73. The van der Waals surface area contributed by atoms with Gasteiger partial charge < -0.3 is 20.7 Å². The fraction of sp³-hybridized carbons (Fsp3) is 0.727. The molecular weight excluding hydrogens is 238 g/mol. The molecule has 0 aliphatic rings. The van der Waals surface area contributed by atoms with Gasteiger partial charge in [-0.25, -0.2) is 0 Å². The maximum atomic E-state index is 11.3. The Balaban J connectivity index is 3.37. The monoisotopic (exact) mass is 259 g/mol. The predicted octanol–water partition coefficient (Wildman–Crippen LogP) is -1.22. The smallest absolute Gasteiger partial charge is 0.307 e. The van der Waals surface area contributed by atoms with Gasteiger partial charge in [0.05, 0.1) is 19.6 Å². The molecule has 104 valence electrons. The van der Waals surface area contributed by atoms with E-state index in [0.29, 0.717) is 26.2 Å². The summed E-state index contributed by atoms with van der Waals surface area (Å²) in [4.78, 5) is 32.8. The molecule has 0 aliphatic carbocycles. The standard InChI is InChI=1S/C11H21N3O4/c1-3-18-11(17)4-5-12-8-10(16)14-7-6-13-9(2)15/h12H,3-8H2,1-2H3,(H,13,15)(H,14,16). The van der Waals surface area contributed by atoms with Crippen molar-refractivity contribution in [1.82, 2.24) is 16.0 Å². The van der Waals surface area contributed by atoms with Crippen LogP contribution in [0.2, 0.25) is 0 Å². The summed E-state index contributed by atoms with van der Waals surface area (Å²) in [5, 5.41) is 8.00. The minimum atomic E-state index is -0.281. The minimum absolute atomic E-state index is 0.128. The van der Waals surface area contributed by atoms with E-state index in [2.05, 4.69) is 16.0 Å². The van der Waals surface area contributed by atoms with Gasteiger partial charge >= 0.3 is 5.97 Å². The first-order valence-electron chi connectivity index (χ1n) is 5.93. The maximum absolute atomic E-state index is 11.3. The van der Waals surface area contributed by atoms with Crippen LogP contribution in [0.5, 0.6) is 0 Å². The molecule has 18 heavy (non-hydrogen) atoms. The van der Waals surface area contributed by atoms with Crippen LogP contribution in [0.3, 0.4) is 0 Å². The van der Waals surface area contributed by atoms with Crippen molar-refractivity contribution in [3.63, 3.8) is 0 Å². The average molecular weight is 259 g/mol. The van der Waals surface area contributed by atoms with Gasteiger partial charge in [-0.3, -0.25) is 14.4 Å². The Kier molecular flexibility index (Phi) is 9.57. The van der Waals surface area contributed by atoms with Gasteiger partial charge in [-0.05, 0) is 6.92 Å². The van der Waals surface area contributed by atoms with Crippen LogP contribution in [-0.4, -0.2) is 50.6 Å². The van der Waals surface area contributed by atoms with Gasteiger partial charge in [-0.2, -0.15) is 0 Å². The fourth-order valence-corrected chi connectivity index (χ4v) is 1.13. The van der Waals surface area contributed by atoms with Crippen LogP contribution in [0, 0.1) is 0 Å². The number of hydrogen-bond acceptors (Lipinski definition) is 5. The van der Waals surface area contributed by atoms with E-state index in [1.54, 1.807) is 6.92 Å². The number of carbonyl (C=O) groups excluding carboxylic acids is 3. The van der Waals surface area contributed by atoms with E-state index in [9.17, 15) is 14.4 Å². The molecule has 0 aliphatic heterocycles. The van der Waals surface area contributed by atoms with Crippen molar-refractivity contribution in [2.45, 2.75) is 20.3 Å². The number of ether oxygens (including phenoxy) is 1. The summed E-state index contributed by atoms with van der Waals surface area (Å²) in [6.07, 6.45) is 0.243. The number of rotatable bonds is 9. The molecule has 0 bridgehead atoms. The molecule has 0 saturated carbocycles. The molecule has 0 saturated heterocycles. The molecule has 0 atom stereocenters. The number of esters is 1. The molecule has 7 nitrogen and oxygen atoms in total. The molecule has 0 radical (unpaired) electrons. The highest BCUT2D eigenvalue weighted by atomic mass is 16.5. The topological polar surface area (TPSA) is 96.5 Å². The zero-order valence-electron chi connectivity index (χ0n) is 10.9. The average Bonchev–Trinajstić information content (AvgIpc) is 2.30. The second-order valence-corrected chi connectivity index (χ2v) is 3.56. The summed E-state index contributed by atoms with van der Waals surface area (Å²) in [6.45, 7) is 4.86. The lowest BCUT2D eigenvalue weighted by Crippen LogP contribution is -2.38. The molecule has 0 aromatic carbocycles. The molecule has 0 fully saturated rings. The third kappa shape index (κ3) is 10.9. The van der Waals surface area contributed by atoms with Gasteiger partial charge in [0.25, 0.3) is 0 Å². The molecule has 0 rings (SSSR count). The van der Waals surface area contributed by atoms with E-state index in [0.717, 1.165) is 0 Å². The third-order valence-electron chi connectivity index (χ3n) is 1.92. The largest absolute Gasteiger partial charge is 0.466 e. The van der Waals surface area contributed by atoms with Crippen molar-refractivity contribution in [3.05, 3.63) is 0 Å². The number of nitrogens with one attached hydrogen (secondary N) is 3. The molecule has 2 amide bonds. The summed E-state index contributed by atoms with van der Waals surface area (Å²) in [5.74, 6) is -0.586. The van der Waals surface area contributed by atoms with Gasteiger partial charge in [0.1, 0.15) is 0 Å². The van der Waals surface area contributed by atoms with Crippen molar-refractivity contribution in [3.8, 4) is 0 Å². The third-order valence-corrected chi connectivity index (χ3v) is 1.92. The Morgan fingerprint density at radius 3 is 2.33 bits per heavy atom. The number of amides is 2. The normalized spacial score (nSPS) is 9.67.